The molecule has 0 saturated heterocycles. The smallest absolute Gasteiger partial charge is 0.416 e. The number of carboxylic acid groups (broad SMARTS) is 1. The first kappa shape index (κ1) is 27.6. The minimum absolute atomic E-state index is 0.0743. The van der Waals surface area contributed by atoms with E-state index in [0.717, 1.165) is 24.3 Å². The molecule has 1 N–H and O–H groups in total. The van der Waals surface area contributed by atoms with E-state index in [1.807, 2.05) is 13.8 Å². The summed E-state index contributed by atoms with van der Waals surface area (Å²) in [5, 5.41) is 9.41. The zero-order valence-electron chi connectivity index (χ0n) is 20.5. The Bertz CT molecular complexity index is 1490. The fraction of sp³-hybridized carbons (Fsp3) is 0.296. The molecule has 0 aliphatic carbocycles. The van der Waals surface area contributed by atoms with E-state index in [0.29, 0.717) is 28.5 Å². The highest BCUT2D eigenvalue weighted by atomic mass is 32.2. The predicted molar refractivity (Wildman–Crippen MR) is 132 cm³/mol. The number of ether oxygens (including phenoxy) is 1. The lowest BCUT2D eigenvalue weighted by molar-refractivity contribution is -0.138. The molecule has 202 valence electrons. The summed E-state index contributed by atoms with van der Waals surface area (Å²) in [6.07, 6.45) is -3.38. The molecule has 38 heavy (non-hydrogen) atoms. The summed E-state index contributed by atoms with van der Waals surface area (Å²) < 4.78 is 87.5. The van der Waals surface area contributed by atoms with Crippen LogP contribution in [0.15, 0.2) is 65.6 Å². The van der Waals surface area contributed by atoms with Crippen LogP contribution in [0.2, 0.25) is 0 Å². The van der Waals surface area contributed by atoms with Gasteiger partial charge in [-0.25, -0.2) is 12.8 Å². The van der Waals surface area contributed by atoms with Crippen LogP contribution in [0.5, 0.6) is 5.75 Å². The molecular weight excluding hydrogens is 526 g/mol. The van der Waals surface area contributed by atoms with Crippen molar-refractivity contribution in [3.8, 4) is 16.9 Å². The fourth-order valence-corrected chi connectivity index (χ4v) is 5.74. The van der Waals surface area contributed by atoms with Gasteiger partial charge in [0, 0.05) is 6.54 Å². The van der Waals surface area contributed by atoms with Crippen LogP contribution < -0.4 is 4.74 Å². The zero-order chi connectivity index (χ0) is 27.9. The summed E-state index contributed by atoms with van der Waals surface area (Å²) in [7, 11) is -4.35. The highest BCUT2D eigenvalue weighted by molar-refractivity contribution is 7.89. The van der Waals surface area contributed by atoms with Gasteiger partial charge in [-0.05, 0) is 97.5 Å². The number of carbonyl (C=O) groups is 1. The van der Waals surface area contributed by atoms with E-state index in [4.69, 9.17) is 4.74 Å². The molecule has 3 aromatic carbocycles. The van der Waals surface area contributed by atoms with Crippen molar-refractivity contribution >= 4 is 16.0 Å². The monoisotopic (exact) mass is 551 g/mol. The Morgan fingerprint density at radius 2 is 1.79 bits per heavy atom. The standard InChI is InChI=1S/C27H25F4NO5S/c1-26(2)9-8-19-14-23(6-7-24(19)37-26)38(35,36)32(16-25(33)34)15-17-10-20(13-22(28)11-17)18-4-3-5-21(12-18)27(29,30)31/h3-7,10-14H,8-9,15-16H2,1-2H3,(H,33,34). The lowest BCUT2D eigenvalue weighted by Crippen LogP contribution is -2.36. The second kappa shape index (κ2) is 10.0. The number of nitrogens with zero attached hydrogens (tertiary/aromatic N) is 1. The third kappa shape index (κ3) is 6.16. The number of hydrogen-bond donors (Lipinski definition) is 1. The van der Waals surface area contributed by atoms with Gasteiger partial charge in [0.15, 0.2) is 0 Å². The van der Waals surface area contributed by atoms with Gasteiger partial charge in [0.2, 0.25) is 10.0 Å². The van der Waals surface area contributed by atoms with Gasteiger partial charge in [0.1, 0.15) is 23.7 Å². The van der Waals surface area contributed by atoms with Crippen LogP contribution >= 0.6 is 0 Å². The summed E-state index contributed by atoms with van der Waals surface area (Å²) in [5.41, 5.74) is -0.422. The molecule has 3 aromatic rings. The maximum atomic E-state index is 14.5. The van der Waals surface area contributed by atoms with Crippen LogP contribution in [-0.4, -0.2) is 35.9 Å². The SMILES string of the molecule is CC1(C)CCc2cc(S(=O)(=O)N(CC(=O)O)Cc3cc(F)cc(-c4cccc(C(F)(F)F)c4)c3)ccc2O1. The van der Waals surface area contributed by atoms with Crippen LogP contribution in [-0.2, 0) is 34.0 Å². The topological polar surface area (TPSA) is 83.9 Å². The maximum Gasteiger partial charge on any atom is 0.416 e. The second-order valence-electron chi connectivity index (χ2n) is 9.72. The Hall–Kier alpha value is -3.44. The average molecular weight is 552 g/mol. The van der Waals surface area contributed by atoms with Crippen LogP contribution in [0.3, 0.4) is 0 Å². The number of aryl methyl sites for hydroxylation is 1. The Balaban J connectivity index is 1.68. The number of hydrogen-bond acceptors (Lipinski definition) is 4. The summed E-state index contributed by atoms with van der Waals surface area (Å²) in [4.78, 5) is 11.4. The molecule has 1 heterocycles. The molecule has 0 unspecified atom stereocenters. The van der Waals surface area contributed by atoms with Crippen molar-refractivity contribution in [3.05, 3.63) is 83.2 Å². The van der Waals surface area contributed by atoms with Crippen molar-refractivity contribution in [2.24, 2.45) is 0 Å². The fourth-order valence-electron chi connectivity index (χ4n) is 4.31. The number of alkyl halides is 3. The van der Waals surface area contributed by atoms with E-state index in [1.54, 1.807) is 0 Å². The number of carboxylic acids is 1. The molecule has 0 amide bonds. The average Bonchev–Trinajstić information content (AvgIpc) is 2.81. The summed E-state index contributed by atoms with van der Waals surface area (Å²) in [6.45, 7) is 2.42. The lowest BCUT2D eigenvalue weighted by Gasteiger charge is -2.33. The van der Waals surface area contributed by atoms with E-state index in [-0.39, 0.29) is 21.6 Å². The Labute approximate surface area is 217 Å². The number of fused-ring (bicyclic) bond motifs is 1. The lowest BCUT2D eigenvalue weighted by atomic mass is 9.94. The molecule has 0 saturated carbocycles. The molecule has 0 bridgehead atoms. The van der Waals surface area contributed by atoms with Crippen LogP contribution in [0, 0.1) is 5.82 Å². The van der Waals surface area contributed by atoms with Gasteiger partial charge >= 0.3 is 12.1 Å². The van der Waals surface area contributed by atoms with Crippen molar-refractivity contribution in [1.82, 2.24) is 4.31 Å². The number of sulfonamides is 1. The minimum Gasteiger partial charge on any atom is -0.488 e. The molecule has 0 radical (unpaired) electrons. The van der Waals surface area contributed by atoms with Gasteiger partial charge in [0.25, 0.3) is 0 Å². The van der Waals surface area contributed by atoms with Crippen LogP contribution in [0.1, 0.15) is 37.0 Å². The molecule has 0 fully saturated rings. The third-order valence-corrected chi connectivity index (χ3v) is 7.99. The summed E-state index contributed by atoms with van der Waals surface area (Å²) >= 11 is 0. The van der Waals surface area contributed by atoms with Gasteiger partial charge in [-0.2, -0.15) is 17.5 Å². The van der Waals surface area contributed by atoms with Crippen molar-refractivity contribution in [2.45, 2.75) is 49.9 Å². The number of rotatable bonds is 7. The maximum absolute atomic E-state index is 14.5. The second-order valence-corrected chi connectivity index (χ2v) is 11.7. The highest BCUT2D eigenvalue weighted by Gasteiger charge is 2.32. The molecule has 0 spiro atoms. The normalized spacial score (nSPS) is 15.1. The molecule has 1 aliphatic rings. The van der Waals surface area contributed by atoms with E-state index in [1.165, 1.54) is 36.4 Å². The van der Waals surface area contributed by atoms with Crippen molar-refractivity contribution in [3.63, 3.8) is 0 Å². The van der Waals surface area contributed by atoms with Gasteiger partial charge in [-0.3, -0.25) is 4.79 Å². The summed E-state index contributed by atoms with van der Waals surface area (Å²) in [6, 6.07) is 12.0. The van der Waals surface area contributed by atoms with Gasteiger partial charge in [-0.15, -0.1) is 0 Å². The molecule has 4 rings (SSSR count). The molecule has 0 aromatic heterocycles. The first-order valence-corrected chi connectivity index (χ1v) is 13.1. The number of benzene rings is 3. The van der Waals surface area contributed by atoms with Crippen molar-refractivity contribution in [2.75, 3.05) is 6.54 Å². The van der Waals surface area contributed by atoms with Gasteiger partial charge in [-0.1, -0.05) is 12.1 Å². The van der Waals surface area contributed by atoms with Gasteiger partial charge < -0.3 is 9.84 Å². The molecule has 1 aliphatic heterocycles. The highest BCUT2D eigenvalue weighted by Crippen LogP contribution is 2.36. The predicted octanol–water partition coefficient (Wildman–Crippen LogP) is 5.89. The zero-order valence-corrected chi connectivity index (χ0v) is 21.4. The van der Waals surface area contributed by atoms with E-state index in [2.05, 4.69) is 0 Å². The molecule has 11 heteroatoms. The quantitative estimate of drug-likeness (QED) is 0.370. The molecule has 6 nitrogen and oxygen atoms in total. The Morgan fingerprint density at radius 3 is 2.47 bits per heavy atom. The van der Waals surface area contributed by atoms with Gasteiger partial charge in [0.05, 0.1) is 10.5 Å². The largest absolute Gasteiger partial charge is 0.488 e. The third-order valence-electron chi connectivity index (χ3n) is 6.20. The Morgan fingerprint density at radius 1 is 1.05 bits per heavy atom. The van der Waals surface area contributed by atoms with E-state index < -0.39 is 52.2 Å². The minimum atomic E-state index is -4.60. The van der Waals surface area contributed by atoms with Crippen LogP contribution in [0.4, 0.5) is 17.6 Å². The van der Waals surface area contributed by atoms with Crippen molar-refractivity contribution < 1.29 is 40.6 Å². The van der Waals surface area contributed by atoms with E-state index >= 15 is 0 Å². The first-order chi connectivity index (χ1) is 17.6. The van der Waals surface area contributed by atoms with Crippen LogP contribution in [0.25, 0.3) is 11.1 Å². The number of aliphatic carboxylic acids is 1. The first-order valence-electron chi connectivity index (χ1n) is 11.7. The Kier molecular flexibility index (Phi) is 7.28. The molecular formula is C27H25F4NO5S. The number of halogens is 4. The summed E-state index contributed by atoms with van der Waals surface area (Å²) in [5.74, 6) is -1.69. The molecule has 0 atom stereocenters. The van der Waals surface area contributed by atoms with Crippen molar-refractivity contribution in [1.29, 1.82) is 0 Å². The van der Waals surface area contributed by atoms with E-state index in [9.17, 15) is 35.9 Å².